The van der Waals surface area contributed by atoms with Crippen LogP contribution in [-0.2, 0) is 10.0 Å². The van der Waals surface area contributed by atoms with E-state index in [0.29, 0.717) is 4.90 Å². The van der Waals surface area contributed by atoms with Gasteiger partial charge in [-0.15, -0.1) is 0 Å². The molecule has 32 heavy (non-hydrogen) atoms. The lowest BCUT2D eigenvalue weighted by Crippen LogP contribution is -2.36. The van der Waals surface area contributed by atoms with E-state index in [9.17, 15) is 18.5 Å². The van der Waals surface area contributed by atoms with Gasteiger partial charge >= 0.3 is 0 Å². The quantitative estimate of drug-likeness (QED) is 0.375. The van der Waals surface area contributed by atoms with E-state index < -0.39 is 10.0 Å². The Morgan fingerprint density at radius 2 is 1.88 bits per heavy atom. The average Bonchev–Trinajstić information content (AvgIpc) is 3.29. The third kappa shape index (κ3) is 3.93. The number of anilines is 1. The van der Waals surface area contributed by atoms with Crippen LogP contribution in [0.5, 0.6) is 0 Å². The van der Waals surface area contributed by atoms with Gasteiger partial charge in [-0.2, -0.15) is 0 Å². The first-order valence-electron chi connectivity index (χ1n) is 11.3. The lowest BCUT2D eigenvalue weighted by molar-refractivity contribution is -0.384. The zero-order valence-electron chi connectivity index (χ0n) is 17.7. The van der Waals surface area contributed by atoms with Crippen molar-refractivity contribution in [1.29, 1.82) is 0 Å². The lowest BCUT2D eigenvalue weighted by Gasteiger charge is -2.37. The summed E-state index contributed by atoms with van der Waals surface area (Å²) in [5.74, 6) is 0.245. The molecule has 0 radical (unpaired) electrons. The molecule has 0 aromatic heterocycles. The molecule has 8 heteroatoms. The molecule has 0 saturated heterocycles. The van der Waals surface area contributed by atoms with Gasteiger partial charge in [0.05, 0.1) is 15.9 Å². The molecule has 5 rings (SSSR count). The van der Waals surface area contributed by atoms with Gasteiger partial charge in [-0.05, 0) is 54.5 Å². The average molecular weight is 454 g/mol. The van der Waals surface area contributed by atoms with Gasteiger partial charge in [0.15, 0.2) is 0 Å². The maximum atomic E-state index is 13.1. The van der Waals surface area contributed by atoms with Gasteiger partial charge in [0.1, 0.15) is 0 Å². The molecule has 7 nitrogen and oxygen atoms in total. The van der Waals surface area contributed by atoms with Gasteiger partial charge < -0.3 is 5.32 Å². The summed E-state index contributed by atoms with van der Waals surface area (Å²) in [6.07, 6.45) is 10.2. The summed E-state index contributed by atoms with van der Waals surface area (Å²) >= 11 is 0. The second-order valence-electron chi connectivity index (χ2n) is 9.03. The molecule has 0 bridgehead atoms. The van der Waals surface area contributed by atoms with Gasteiger partial charge in [0.25, 0.3) is 5.69 Å². The van der Waals surface area contributed by atoms with Crippen LogP contribution in [0, 0.1) is 16.0 Å². The minimum Gasteiger partial charge on any atom is -0.378 e. The Hall–Kier alpha value is -2.71. The van der Waals surface area contributed by atoms with Crippen molar-refractivity contribution in [3.8, 4) is 0 Å². The van der Waals surface area contributed by atoms with Crippen LogP contribution in [0.25, 0.3) is 0 Å². The first kappa shape index (κ1) is 21.2. The molecular weight excluding hydrogens is 426 g/mol. The summed E-state index contributed by atoms with van der Waals surface area (Å²) in [5, 5.41) is 14.8. The highest BCUT2D eigenvalue weighted by molar-refractivity contribution is 7.89. The Labute approximate surface area is 188 Å². The summed E-state index contributed by atoms with van der Waals surface area (Å²) in [4.78, 5) is 11.2. The number of allylic oxidation sites excluding steroid dienone is 2. The normalized spacial score (nSPS) is 25.1. The zero-order valence-corrected chi connectivity index (χ0v) is 18.6. The van der Waals surface area contributed by atoms with E-state index in [0.717, 1.165) is 48.9 Å². The van der Waals surface area contributed by atoms with Gasteiger partial charge in [-0.1, -0.05) is 43.5 Å². The van der Waals surface area contributed by atoms with Gasteiger partial charge in [-0.3, -0.25) is 10.1 Å². The molecule has 0 amide bonds. The molecule has 3 unspecified atom stereocenters. The van der Waals surface area contributed by atoms with Crippen LogP contribution in [0.15, 0.2) is 59.5 Å². The zero-order chi connectivity index (χ0) is 22.3. The smallest absolute Gasteiger partial charge is 0.269 e. The highest BCUT2D eigenvalue weighted by Gasteiger charge is 2.39. The molecule has 1 fully saturated rings. The lowest BCUT2D eigenvalue weighted by atomic mass is 9.77. The van der Waals surface area contributed by atoms with Crippen LogP contribution in [0.1, 0.15) is 61.6 Å². The summed E-state index contributed by atoms with van der Waals surface area (Å²) in [6, 6.07) is 12.0. The van der Waals surface area contributed by atoms with Crippen LogP contribution >= 0.6 is 0 Å². The van der Waals surface area contributed by atoms with E-state index in [1.807, 2.05) is 12.1 Å². The van der Waals surface area contributed by atoms with E-state index in [-0.39, 0.29) is 34.5 Å². The third-order valence-corrected chi connectivity index (χ3v) is 8.53. The second kappa shape index (κ2) is 8.33. The maximum Gasteiger partial charge on any atom is 0.269 e. The Bertz CT molecular complexity index is 1170. The SMILES string of the molecule is O=[N+]([O-])c1cccc(C2Nc3ccc(S(=O)(=O)NC4CCCCC4)cc3C3C=CCC32)c1. The number of sulfonamides is 1. The first-order valence-corrected chi connectivity index (χ1v) is 12.7. The minimum atomic E-state index is -3.58. The number of nitro groups is 1. The van der Waals surface area contributed by atoms with Crippen molar-refractivity contribution < 1.29 is 13.3 Å². The van der Waals surface area contributed by atoms with Crippen molar-refractivity contribution >= 4 is 21.4 Å². The van der Waals surface area contributed by atoms with Crippen LogP contribution in [0.3, 0.4) is 0 Å². The molecule has 0 spiro atoms. The minimum absolute atomic E-state index is 0.0142. The fourth-order valence-electron chi connectivity index (χ4n) is 5.41. The topological polar surface area (TPSA) is 101 Å². The molecule has 2 aromatic rings. The van der Waals surface area contributed by atoms with Crippen LogP contribution in [-0.4, -0.2) is 19.4 Å². The molecule has 168 valence electrons. The monoisotopic (exact) mass is 453 g/mol. The van der Waals surface area contributed by atoms with E-state index in [4.69, 9.17) is 0 Å². The van der Waals surface area contributed by atoms with Crippen molar-refractivity contribution in [3.63, 3.8) is 0 Å². The highest BCUT2D eigenvalue weighted by atomic mass is 32.2. The predicted octanol–water partition coefficient (Wildman–Crippen LogP) is 5.03. The summed E-state index contributed by atoms with van der Waals surface area (Å²) in [7, 11) is -3.58. The molecular formula is C24H27N3O4S. The van der Waals surface area contributed by atoms with Crippen LogP contribution < -0.4 is 10.0 Å². The largest absolute Gasteiger partial charge is 0.378 e. The number of hydrogen-bond donors (Lipinski definition) is 2. The van der Waals surface area contributed by atoms with Crippen LogP contribution in [0.4, 0.5) is 11.4 Å². The van der Waals surface area contributed by atoms with Crippen LogP contribution in [0.2, 0.25) is 0 Å². The van der Waals surface area contributed by atoms with E-state index in [1.165, 1.54) is 12.5 Å². The number of fused-ring (bicyclic) bond motifs is 3. The molecule has 3 atom stereocenters. The van der Waals surface area contributed by atoms with Gasteiger partial charge in [0.2, 0.25) is 10.0 Å². The maximum absolute atomic E-state index is 13.1. The molecule has 1 saturated carbocycles. The Morgan fingerprint density at radius 1 is 1.06 bits per heavy atom. The molecule has 1 aliphatic heterocycles. The number of non-ortho nitro benzene ring substituents is 1. The second-order valence-corrected chi connectivity index (χ2v) is 10.7. The Morgan fingerprint density at radius 3 is 2.66 bits per heavy atom. The molecule has 1 heterocycles. The Kier molecular flexibility index (Phi) is 5.51. The predicted molar refractivity (Wildman–Crippen MR) is 123 cm³/mol. The van der Waals surface area contributed by atoms with Crippen molar-refractivity contribution in [2.45, 2.75) is 61.4 Å². The van der Waals surface area contributed by atoms with E-state index in [2.05, 4.69) is 22.2 Å². The standard InChI is InChI=1S/C24H27N3O4S/c28-27(29)18-9-4-6-16(14-18)24-21-11-5-10-20(21)22-15-19(12-13-23(22)25-24)32(30,31)26-17-7-2-1-3-8-17/h4-6,9-10,12-15,17,20-21,24-26H,1-3,7-8,11H2. The highest BCUT2D eigenvalue weighted by Crippen LogP contribution is 2.50. The summed E-state index contributed by atoms with van der Waals surface area (Å²) in [6.45, 7) is 0. The number of rotatable bonds is 5. The van der Waals surface area contributed by atoms with Crippen molar-refractivity contribution in [1.82, 2.24) is 4.72 Å². The molecule has 3 aliphatic rings. The van der Waals surface area contributed by atoms with Crippen molar-refractivity contribution in [2.75, 3.05) is 5.32 Å². The first-order chi connectivity index (χ1) is 15.4. The Balaban J connectivity index is 1.46. The van der Waals surface area contributed by atoms with Crippen molar-refractivity contribution in [3.05, 3.63) is 75.9 Å². The number of hydrogen-bond acceptors (Lipinski definition) is 5. The molecule has 2 N–H and O–H groups in total. The molecule has 2 aromatic carbocycles. The van der Waals surface area contributed by atoms with Gasteiger partial charge in [-0.25, -0.2) is 13.1 Å². The van der Waals surface area contributed by atoms with Crippen molar-refractivity contribution in [2.24, 2.45) is 5.92 Å². The number of nitrogens with zero attached hydrogens (tertiary/aromatic N) is 1. The fraction of sp³-hybridized carbons (Fsp3) is 0.417. The fourth-order valence-corrected chi connectivity index (χ4v) is 6.75. The van der Waals surface area contributed by atoms with E-state index >= 15 is 0 Å². The van der Waals surface area contributed by atoms with E-state index in [1.54, 1.807) is 24.3 Å². The molecule has 2 aliphatic carbocycles. The van der Waals surface area contributed by atoms with Gasteiger partial charge in [0, 0.05) is 29.8 Å². The third-order valence-electron chi connectivity index (χ3n) is 7.01. The number of benzene rings is 2. The summed E-state index contributed by atoms with van der Waals surface area (Å²) in [5.41, 5.74) is 2.80. The number of nitro benzene ring substituents is 1. The summed E-state index contributed by atoms with van der Waals surface area (Å²) < 4.78 is 29.0. The number of nitrogens with one attached hydrogen (secondary N) is 2.